The Balaban J connectivity index is 4.12. The van der Waals surface area contributed by atoms with Gasteiger partial charge in [0.1, 0.15) is 0 Å². The lowest BCUT2D eigenvalue weighted by molar-refractivity contribution is -0.122. The molecule has 0 spiro atoms. The molecule has 1 unspecified atom stereocenters. The molecule has 1 atom stereocenters. The van der Waals surface area contributed by atoms with Crippen molar-refractivity contribution >= 4 is 5.91 Å². The molecule has 18 heavy (non-hydrogen) atoms. The van der Waals surface area contributed by atoms with E-state index in [9.17, 15) is 4.79 Å². The third-order valence-corrected chi connectivity index (χ3v) is 3.03. The van der Waals surface area contributed by atoms with Crippen LogP contribution >= 0.6 is 0 Å². The second-order valence-corrected chi connectivity index (χ2v) is 7.36. The summed E-state index contributed by atoms with van der Waals surface area (Å²) in [6.07, 6.45) is 0.390. The van der Waals surface area contributed by atoms with Gasteiger partial charge in [-0.25, -0.2) is 0 Å². The number of nitrogens with two attached hydrogens (primary N) is 1. The van der Waals surface area contributed by atoms with Gasteiger partial charge in [0.15, 0.2) is 0 Å². The summed E-state index contributed by atoms with van der Waals surface area (Å²) in [7, 11) is 4.08. The van der Waals surface area contributed by atoms with Gasteiger partial charge in [0, 0.05) is 25.6 Å². The molecular weight excluding hydrogens is 226 g/mol. The first kappa shape index (κ1) is 17.4. The Kier molecular flexibility index (Phi) is 6.30. The van der Waals surface area contributed by atoms with E-state index in [0.717, 1.165) is 6.54 Å². The SMILES string of the molecule is CN(C)CC(C)(C)CNC(=O)CC(N)C(C)(C)C. The smallest absolute Gasteiger partial charge is 0.221 e. The lowest BCUT2D eigenvalue weighted by Crippen LogP contribution is -2.44. The molecule has 0 aromatic rings. The molecule has 0 aliphatic heterocycles. The summed E-state index contributed by atoms with van der Waals surface area (Å²) in [5.74, 6) is 0.0456. The fourth-order valence-corrected chi connectivity index (χ4v) is 1.83. The highest BCUT2D eigenvalue weighted by Gasteiger charge is 2.24. The van der Waals surface area contributed by atoms with Crippen LogP contribution in [0, 0.1) is 10.8 Å². The number of rotatable bonds is 6. The molecule has 0 aliphatic carbocycles. The number of carbonyl (C=O) groups is 1. The first-order chi connectivity index (χ1) is 7.94. The quantitative estimate of drug-likeness (QED) is 0.757. The highest BCUT2D eigenvalue weighted by Crippen LogP contribution is 2.20. The van der Waals surface area contributed by atoms with Gasteiger partial charge < -0.3 is 16.0 Å². The van der Waals surface area contributed by atoms with E-state index in [1.165, 1.54) is 0 Å². The second kappa shape index (κ2) is 6.53. The van der Waals surface area contributed by atoms with Crippen LogP contribution in [0.3, 0.4) is 0 Å². The van der Waals surface area contributed by atoms with Crippen LogP contribution < -0.4 is 11.1 Å². The minimum Gasteiger partial charge on any atom is -0.355 e. The molecule has 0 aromatic carbocycles. The number of amides is 1. The van der Waals surface area contributed by atoms with Gasteiger partial charge in [-0.2, -0.15) is 0 Å². The first-order valence-corrected chi connectivity index (χ1v) is 6.61. The van der Waals surface area contributed by atoms with Crippen molar-refractivity contribution in [2.75, 3.05) is 27.2 Å². The van der Waals surface area contributed by atoms with Crippen molar-refractivity contribution in [2.45, 2.75) is 47.1 Å². The van der Waals surface area contributed by atoms with E-state index in [1.54, 1.807) is 0 Å². The first-order valence-electron chi connectivity index (χ1n) is 6.61. The minimum atomic E-state index is -0.102. The van der Waals surface area contributed by atoms with E-state index in [2.05, 4.69) is 44.8 Å². The predicted molar refractivity (Wildman–Crippen MR) is 77.4 cm³/mol. The molecule has 0 saturated carbocycles. The average Bonchev–Trinajstić information content (AvgIpc) is 2.11. The van der Waals surface area contributed by atoms with Crippen LogP contribution in [0.25, 0.3) is 0 Å². The summed E-state index contributed by atoms with van der Waals surface area (Å²) >= 11 is 0. The number of carbonyl (C=O) groups excluding carboxylic acids is 1. The van der Waals surface area contributed by atoms with E-state index >= 15 is 0 Å². The molecule has 0 bridgehead atoms. The highest BCUT2D eigenvalue weighted by atomic mass is 16.1. The fraction of sp³-hybridized carbons (Fsp3) is 0.929. The monoisotopic (exact) mass is 257 g/mol. The average molecular weight is 257 g/mol. The molecule has 4 nitrogen and oxygen atoms in total. The molecule has 0 radical (unpaired) electrons. The molecule has 0 heterocycles. The van der Waals surface area contributed by atoms with Crippen LogP contribution in [0.4, 0.5) is 0 Å². The van der Waals surface area contributed by atoms with Gasteiger partial charge in [-0.15, -0.1) is 0 Å². The maximum Gasteiger partial charge on any atom is 0.221 e. The van der Waals surface area contributed by atoms with Crippen molar-refractivity contribution in [1.29, 1.82) is 0 Å². The Bertz CT molecular complexity index is 267. The van der Waals surface area contributed by atoms with Crippen LogP contribution in [0.1, 0.15) is 41.0 Å². The van der Waals surface area contributed by atoms with Crippen LogP contribution in [0.15, 0.2) is 0 Å². The molecule has 4 heteroatoms. The lowest BCUT2D eigenvalue weighted by Gasteiger charge is -2.30. The van der Waals surface area contributed by atoms with Gasteiger partial charge >= 0.3 is 0 Å². The predicted octanol–water partition coefficient (Wildman–Crippen LogP) is 1.45. The zero-order valence-electron chi connectivity index (χ0n) is 13.1. The number of hydrogen-bond acceptors (Lipinski definition) is 3. The normalized spacial score (nSPS) is 14.7. The molecule has 108 valence electrons. The zero-order valence-corrected chi connectivity index (χ0v) is 13.1. The van der Waals surface area contributed by atoms with Gasteiger partial charge in [-0.3, -0.25) is 4.79 Å². The molecule has 1 amide bonds. The van der Waals surface area contributed by atoms with E-state index in [4.69, 9.17) is 5.73 Å². The zero-order chi connectivity index (χ0) is 14.6. The van der Waals surface area contributed by atoms with Gasteiger partial charge in [0.05, 0.1) is 0 Å². The van der Waals surface area contributed by atoms with Crippen LogP contribution in [-0.4, -0.2) is 44.0 Å². The number of nitrogens with zero attached hydrogens (tertiary/aromatic N) is 1. The second-order valence-electron chi connectivity index (χ2n) is 7.36. The summed E-state index contributed by atoms with van der Waals surface area (Å²) in [6.45, 7) is 12.1. The van der Waals surface area contributed by atoms with Gasteiger partial charge in [-0.05, 0) is 24.9 Å². The standard InChI is InChI=1S/C14H31N3O/c1-13(2,3)11(15)8-12(18)16-9-14(4,5)10-17(6)7/h11H,8-10,15H2,1-7H3,(H,16,18). The molecule has 0 fully saturated rings. The molecule has 0 rings (SSSR count). The summed E-state index contributed by atoms with van der Waals surface area (Å²) in [5.41, 5.74) is 6.05. The Morgan fingerprint density at radius 2 is 1.72 bits per heavy atom. The van der Waals surface area contributed by atoms with Gasteiger partial charge in [0.25, 0.3) is 0 Å². The van der Waals surface area contributed by atoms with E-state index in [1.807, 2.05) is 14.1 Å². The van der Waals surface area contributed by atoms with Crippen molar-refractivity contribution in [2.24, 2.45) is 16.6 Å². The summed E-state index contributed by atoms with van der Waals surface area (Å²) in [4.78, 5) is 14.0. The maximum absolute atomic E-state index is 11.8. The Morgan fingerprint density at radius 1 is 1.22 bits per heavy atom. The lowest BCUT2D eigenvalue weighted by atomic mass is 9.85. The van der Waals surface area contributed by atoms with Crippen molar-refractivity contribution in [3.05, 3.63) is 0 Å². The van der Waals surface area contributed by atoms with Crippen molar-refractivity contribution < 1.29 is 4.79 Å². The van der Waals surface area contributed by atoms with Gasteiger partial charge in [0.2, 0.25) is 5.91 Å². The fourth-order valence-electron chi connectivity index (χ4n) is 1.83. The third-order valence-electron chi connectivity index (χ3n) is 3.03. The number of hydrogen-bond donors (Lipinski definition) is 2. The molecule has 3 N–H and O–H groups in total. The van der Waals surface area contributed by atoms with E-state index in [0.29, 0.717) is 13.0 Å². The van der Waals surface area contributed by atoms with E-state index in [-0.39, 0.29) is 22.8 Å². The largest absolute Gasteiger partial charge is 0.355 e. The Hall–Kier alpha value is -0.610. The van der Waals surface area contributed by atoms with Crippen molar-refractivity contribution in [3.63, 3.8) is 0 Å². The molecule has 0 saturated heterocycles. The summed E-state index contributed by atoms with van der Waals surface area (Å²) < 4.78 is 0. The van der Waals surface area contributed by atoms with Crippen molar-refractivity contribution in [3.8, 4) is 0 Å². The van der Waals surface area contributed by atoms with Crippen LogP contribution in [0.2, 0.25) is 0 Å². The van der Waals surface area contributed by atoms with Gasteiger partial charge in [-0.1, -0.05) is 34.6 Å². The molecular formula is C14H31N3O. The molecule has 0 aliphatic rings. The Morgan fingerprint density at radius 3 is 2.11 bits per heavy atom. The van der Waals surface area contributed by atoms with Crippen LogP contribution in [-0.2, 0) is 4.79 Å². The topological polar surface area (TPSA) is 58.4 Å². The summed E-state index contributed by atoms with van der Waals surface area (Å²) in [5, 5.41) is 2.99. The van der Waals surface area contributed by atoms with Crippen molar-refractivity contribution in [1.82, 2.24) is 10.2 Å². The minimum absolute atomic E-state index is 0.0313. The molecule has 0 aromatic heterocycles. The van der Waals surface area contributed by atoms with Crippen LogP contribution in [0.5, 0.6) is 0 Å². The van der Waals surface area contributed by atoms with E-state index < -0.39 is 0 Å². The maximum atomic E-state index is 11.8. The number of nitrogens with one attached hydrogen (secondary N) is 1. The third kappa shape index (κ3) is 7.67. The summed E-state index contributed by atoms with van der Waals surface area (Å²) in [6, 6.07) is -0.102. The highest BCUT2D eigenvalue weighted by molar-refractivity contribution is 5.76. The Labute approximate surface area is 112 Å².